The van der Waals surface area contributed by atoms with Gasteiger partial charge in [0, 0.05) is 4.88 Å². The first kappa shape index (κ1) is 9.92. The van der Waals surface area contributed by atoms with Crippen molar-refractivity contribution < 1.29 is 0 Å². The second-order valence-electron chi connectivity index (χ2n) is 3.91. The fraction of sp³-hybridized carbons (Fsp3) is 0.500. The van der Waals surface area contributed by atoms with Crippen LogP contribution in [0.15, 0.2) is 17.5 Å². The third kappa shape index (κ3) is 1.98. The lowest BCUT2D eigenvalue weighted by atomic mass is 10.2. The topological polar surface area (TPSA) is 55.6 Å². The van der Waals surface area contributed by atoms with Gasteiger partial charge in [-0.2, -0.15) is 4.80 Å². The van der Waals surface area contributed by atoms with Crippen molar-refractivity contribution in [2.24, 2.45) is 0 Å². The minimum Gasteiger partial charge on any atom is -0.307 e. The molecule has 5 nitrogen and oxygen atoms in total. The summed E-state index contributed by atoms with van der Waals surface area (Å²) in [5.74, 6) is 0.828. The molecule has 0 aliphatic carbocycles. The van der Waals surface area contributed by atoms with E-state index in [2.05, 4.69) is 32.2 Å². The Labute approximate surface area is 97.5 Å². The van der Waals surface area contributed by atoms with E-state index < -0.39 is 0 Å². The highest BCUT2D eigenvalue weighted by atomic mass is 32.1. The second-order valence-corrected chi connectivity index (χ2v) is 4.94. The lowest BCUT2D eigenvalue weighted by Gasteiger charge is -2.02. The van der Waals surface area contributed by atoms with Crippen molar-refractivity contribution >= 4 is 11.3 Å². The van der Waals surface area contributed by atoms with E-state index in [-0.39, 0.29) is 0 Å². The molecule has 84 valence electrons. The molecule has 0 saturated carbocycles. The van der Waals surface area contributed by atoms with E-state index in [0.717, 1.165) is 25.3 Å². The van der Waals surface area contributed by atoms with Gasteiger partial charge in [0.15, 0.2) is 5.82 Å². The van der Waals surface area contributed by atoms with Crippen LogP contribution in [-0.4, -0.2) is 26.8 Å². The average Bonchev–Trinajstić information content (AvgIpc) is 2.99. The molecule has 16 heavy (non-hydrogen) atoms. The van der Waals surface area contributed by atoms with Gasteiger partial charge in [0.2, 0.25) is 0 Å². The van der Waals surface area contributed by atoms with E-state index in [1.807, 2.05) is 6.07 Å². The molecule has 2 aromatic rings. The van der Waals surface area contributed by atoms with Crippen LogP contribution in [0.3, 0.4) is 0 Å². The van der Waals surface area contributed by atoms with Crippen LogP contribution >= 0.6 is 11.3 Å². The highest BCUT2D eigenvalue weighted by Crippen LogP contribution is 2.18. The van der Waals surface area contributed by atoms with Crippen LogP contribution in [0.25, 0.3) is 0 Å². The van der Waals surface area contributed by atoms with Crippen LogP contribution in [-0.2, 0) is 6.54 Å². The summed E-state index contributed by atoms with van der Waals surface area (Å²) >= 11 is 1.72. The molecule has 0 amide bonds. The lowest BCUT2D eigenvalue weighted by molar-refractivity contribution is 0.561. The van der Waals surface area contributed by atoms with Gasteiger partial charge < -0.3 is 5.32 Å². The Morgan fingerprint density at radius 3 is 3.31 bits per heavy atom. The third-order valence-corrected chi connectivity index (χ3v) is 3.58. The van der Waals surface area contributed by atoms with Gasteiger partial charge in [0.1, 0.15) is 0 Å². The molecule has 1 aliphatic heterocycles. The van der Waals surface area contributed by atoms with E-state index in [9.17, 15) is 0 Å². The Balaban J connectivity index is 1.72. The van der Waals surface area contributed by atoms with Crippen molar-refractivity contribution in [3.05, 3.63) is 28.2 Å². The van der Waals surface area contributed by atoms with Gasteiger partial charge in [-0.3, -0.25) is 0 Å². The molecule has 2 aromatic heterocycles. The average molecular weight is 235 g/mol. The van der Waals surface area contributed by atoms with Crippen molar-refractivity contribution in [3.63, 3.8) is 0 Å². The number of hydrogen-bond donors (Lipinski definition) is 1. The summed E-state index contributed by atoms with van der Waals surface area (Å²) in [6.45, 7) is 1.78. The summed E-state index contributed by atoms with van der Waals surface area (Å²) in [7, 11) is 0. The molecular weight excluding hydrogens is 222 g/mol. The number of thiophene rings is 1. The molecule has 1 unspecified atom stereocenters. The van der Waals surface area contributed by atoms with Crippen LogP contribution < -0.4 is 5.32 Å². The molecule has 3 rings (SSSR count). The van der Waals surface area contributed by atoms with Gasteiger partial charge in [-0.05, 0) is 36.0 Å². The van der Waals surface area contributed by atoms with Crippen LogP contribution in [0.1, 0.15) is 29.6 Å². The second kappa shape index (κ2) is 4.31. The fourth-order valence-corrected chi connectivity index (χ4v) is 2.59. The van der Waals surface area contributed by atoms with Gasteiger partial charge in [0.25, 0.3) is 0 Å². The number of tetrazole rings is 1. The summed E-state index contributed by atoms with van der Waals surface area (Å²) < 4.78 is 0. The molecule has 1 N–H and O–H groups in total. The first-order valence-electron chi connectivity index (χ1n) is 5.45. The first-order valence-corrected chi connectivity index (χ1v) is 6.33. The minimum atomic E-state index is 0.303. The van der Waals surface area contributed by atoms with E-state index in [4.69, 9.17) is 0 Å². The zero-order chi connectivity index (χ0) is 10.8. The largest absolute Gasteiger partial charge is 0.307 e. The van der Waals surface area contributed by atoms with E-state index in [0.29, 0.717) is 6.04 Å². The smallest absolute Gasteiger partial charge is 0.191 e. The normalized spacial score (nSPS) is 20.4. The molecule has 6 heteroatoms. The van der Waals surface area contributed by atoms with Crippen LogP contribution in [0.4, 0.5) is 0 Å². The Morgan fingerprint density at radius 1 is 1.56 bits per heavy atom. The molecule has 0 radical (unpaired) electrons. The van der Waals surface area contributed by atoms with Gasteiger partial charge in [-0.15, -0.1) is 21.5 Å². The van der Waals surface area contributed by atoms with Crippen LogP contribution in [0.5, 0.6) is 0 Å². The molecule has 0 spiro atoms. The van der Waals surface area contributed by atoms with Crippen molar-refractivity contribution in [2.75, 3.05) is 6.54 Å². The Bertz CT molecular complexity index is 443. The number of rotatable bonds is 3. The summed E-state index contributed by atoms with van der Waals surface area (Å²) in [6.07, 6.45) is 2.31. The van der Waals surface area contributed by atoms with E-state index in [1.54, 1.807) is 16.1 Å². The van der Waals surface area contributed by atoms with Gasteiger partial charge in [-0.1, -0.05) is 6.07 Å². The quantitative estimate of drug-likeness (QED) is 0.868. The predicted molar refractivity (Wildman–Crippen MR) is 61.2 cm³/mol. The molecule has 1 fully saturated rings. The van der Waals surface area contributed by atoms with Crippen molar-refractivity contribution in [1.82, 2.24) is 25.5 Å². The predicted octanol–water partition coefficient (Wildman–Crippen LogP) is 1.21. The van der Waals surface area contributed by atoms with Crippen molar-refractivity contribution in [2.45, 2.75) is 25.4 Å². The van der Waals surface area contributed by atoms with Crippen molar-refractivity contribution in [1.29, 1.82) is 0 Å². The molecule has 1 saturated heterocycles. The van der Waals surface area contributed by atoms with Crippen molar-refractivity contribution in [3.8, 4) is 0 Å². The molecule has 0 bridgehead atoms. The van der Waals surface area contributed by atoms with Gasteiger partial charge in [-0.25, -0.2) is 0 Å². The number of aromatic nitrogens is 4. The molecule has 1 aliphatic rings. The highest BCUT2D eigenvalue weighted by molar-refractivity contribution is 7.09. The maximum absolute atomic E-state index is 4.41. The Hall–Kier alpha value is -1.27. The maximum atomic E-state index is 4.41. The fourth-order valence-electron chi connectivity index (χ4n) is 1.91. The summed E-state index contributed by atoms with van der Waals surface area (Å²) in [5, 5.41) is 18.0. The van der Waals surface area contributed by atoms with Crippen LogP contribution in [0.2, 0.25) is 0 Å². The monoisotopic (exact) mass is 235 g/mol. The number of nitrogens with zero attached hydrogens (tertiary/aromatic N) is 4. The standard InChI is InChI=1S/C10H13N5S/c1-4-9(11-5-1)10-12-14-15(13-10)7-8-3-2-6-16-8/h2-3,6,9,11H,1,4-5,7H2. The Kier molecular flexibility index (Phi) is 2.67. The van der Waals surface area contributed by atoms with E-state index in [1.165, 1.54) is 11.3 Å². The third-order valence-electron chi connectivity index (χ3n) is 2.72. The zero-order valence-corrected chi connectivity index (χ0v) is 9.65. The van der Waals surface area contributed by atoms with Gasteiger partial charge in [0.05, 0.1) is 12.6 Å². The highest BCUT2D eigenvalue weighted by Gasteiger charge is 2.20. The minimum absolute atomic E-state index is 0.303. The molecule has 3 heterocycles. The number of nitrogens with one attached hydrogen (secondary N) is 1. The van der Waals surface area contributed by atoms with E-state index >= 15 is 0 Å². The maximum Gasteiger partial charge on any atom is 0.191 e. The molecule has 0 aromatic carbocycles. The molecular formula is C10H13N5S. The summed E-state index contributed by atoms with van der Waals surface area (Å²) in [4.78, 5) is 2.92. The summed E-state index contributed by atoms with van der Waals surface area (Å²) in [5.41, 5.74) is 0. The summed E-state index contributed by atoms with van der Waals surface area (Å²) in [6, 6.07) is 4.43. The van der Waals surface area contributed by atoms with Gasteiger partial charge >= 0.3 is 0 Å². The lowest BCUT2D eigenvalue weighted by Crippen LogP contribution is -2.14. The zero-order valence-electron chi connectivity index (χ0n) is 8.83. The Morgan fingerprint density at radius 2 is 2.56 bits per heavy atom. The van der Waals surface area contributed by atoms with Crippen LogP contribution in [0, 0.1) is 0 Å². The molecule has 1 atom stereocenters. The SMILES string of the molecule is c1csc(Cn2nnc(C3CCCN3)n2)c1. The number of hydrogen-bond acceptors (Lipinski definition) is 5. The first-order chi connectivity index (χ1) is 7.92.